The lowest BCUT2D eigenvalue weighted by atomic mass is 9.70. The molecule has 2 aliphatic carbocycles. The zero-order chi connectivity index (χ0) is 43.0. The van der Waals surface area contributed by atoms with Crippen LogP contribution >= 0.6 is 0 Å². The van der Waals surface area contributed by atoms with Gasteiger partial charge in [0, 0.05) is 22.2 Å². The van der Waals surface area contributed by atoms with Crippen LogP contribution in [-0.4, -0.2) is 17.0 Å². The van der Waals surface area contributed by atoms with Gasteiger partial charge in [0.05, 0.1) is 28.7 Å². The first kappa shape index (κ1) is 39.0. The molecule has 0 radical (unpaired) electrons. The van der Waals surface area contributed by atoms with E-state index in [1.807, 2.05) is 30.3 Å². The van der Waals surface area contributed by atoms with Crippen molar-refractivity contribution < 1.29 is 0 Å². The van der Waals surface area contributed by atoms with Gasteiger partial charge in [0.15, 0.2) is 0 Å². The predicted octanol–water partition coefficient (Wildman–Crippen LogP) is 15.6. The number of rotatable bonds is 8. The maximum Gasteiger partial charge on any atom is 0.0725 e. The van der Waals surface area contributed by atoms with E-state index in [0.717, 1.165) is 24.2 Å². The molecule has 0 atom stereocenters. The fourth-order valence-electron chi connectivity index (χ4n) is 10.4. The number of hydrogen-bond acceptors (Lipinski definition) is 2. The Bertz CT molecular complexity index is 3310. The largest absolute Gasteiger partial charge is 0.309 e. The molecule has 9 aromatic carbocycles. The van der Waals surface area contributed by atoms with Crippen molar-refractivity contribution in [2.75, 3.05) is 0 Å². The third-order valence-corrected chi connectivity index (χ3v) is 13.2. The molecular formula is C61H47N3. The van der Waals surface area contributed by atoms with Crippen LogP contribution in [0.1, 0.15) is 53.1 Å². The van der Waals surface area contributed by atoms with Gasteiger partial charge in [-0.3, -0.25) is 9.98 Å². The average molecular weight is 822 g/mol. The number of aliphatic imine (C=N–C) groups is 2. The summed E-state index contributed by atoms with van der Waals surface area (Å²) in [7, 11) is 0. The molecule has 10 aromatic rings. The van der Waals surface area contributed by atoms with Crippen molar-refractivity contribution in [1.29, 1.82) is 0 Å². The van der Waals surface area contributed by atoms with Crippen LogP contribution in [0.15, 0.2) is 228 Å². The molecule has 12 rings (SSSR count). The standard InChI is InChI=1S/C48H36N2.C13H11N/c1-2-14-43(49-31-32-15-4-3-5-16-32)33-25-27-34(28-26-33)50-44-24-13-9-20-38(44)47-45(50)30-29-42-46(47)37-19-8-12-23-41(37)48(42)39-21-10-6-17-35(39)36-18-7-11-22-40(36)48;1-14-13-9-7-12(8-10-13)11-5-3-2-4-6-11/h3-13,15-30H,2,14,31H2,1H3;2-10H,1H2. The highest BCUT2D eigenvalue weighted by Crippen LogP contribution is 2.64. The number of fused-ring (bicyclic) bond motifs is 14. The second kappa shape index (κ2) is 16.4. The summed E-state index contributed by atoms with van der Waals surface area (Å²) in [5, 5.41) is 2.61. The summed E-state index contributed by atoms with van der Waals surface area (Å²) in [6.45, 7) is 6.42. The molecule has 306 valence electrons. The molecule has 1 aromatic heterocycles. The number of benzene rings is 9. The number of aromatic nitrogens is 1. The van der Waals surface area contributed by atoms with E-state index in [1.54, 1.807) is 0 Å². The fraction of sp³-hybridized carbons (Fsp3) is 0.0820. The van der Waals surface area contributed by atoms with E-state index in [0.29, 0.717) is 6.54 Å². The van der Waals surface area contributed by atoms with Crippen LogP contribution in [0.5, 0.6) is 0 Å². The second-order valence-corrected chi connectivity index (χ2v) is 16.7. The summed E-state index contributed by atoms with van der Waals surface area (Å²) >= 11 is 0. The van der Waals surface area contributed by atoms with Crippen LogP contribution in [0.3, 0.4) is 0 Å². The van der Waals surface area contributed by atoms with Crippen LogP contribution in [0.2, 0.25) is 0 Å². The van der Waals surface area contributed by atoms with Crippen LogP contribution < -0.4 is 0 Å². The van der Waals surface area contributed by atoms with Gasteiger partial charge in [0.1, 0.15) is 0 Å². The molecule has 0 bridgehead atoms. The summed E-state index contributed by atoms with van der Waals surface area (Å²) in [4.78, 5) is 8.94. The highest BCUT2D eigenvalue weighted by atomic mass is 15.0. The molecule has 0 saturated carbocycles. The Morgan fingerprint density at radius 1 is 0.500 bits per heavy atom. The summed E-state index contributed by atoms with van der Waals surface area (Å²) in [5.74, 6) is 0. The van der Waals surface area contributed by atoms with Crippen LogP contribution in [-0.2, 0) is 12.0 Å². The summed E-state index contributed by atoms with van der Waals surface area (Å²) in [6, 6.07) is 78.9. The molecule has 64 heavy (non-hydrogen) atoms. The Labute approximate surface area is 375 Å². The Morgan fingerprint density at radius 3 is 1.72 bits per heavy atom. The summed E-state index contributed by atoms with van der Waals surface area (Å²) in [5.41, 5.74) is 21.1. The molecule has 0 saturated heterocycles. The van der Waals surface area contributed by atoms with Crippen LogP contribution in [0.25, 0.3) is 60.9 Å². The van der Waals surface area contributed by atoms with Gasteiger partial charge in [0.2, 0.25) is 0 Å². The topological polar surface area (TPSA) is 29.6 Å². The first-order chi connectivity index (χ1) is 31.7. The van der Waals surface area contributed by atoms with E-state index < -0.39 is 0 Å². The Balaban J connectivity index is 0.000000278. The highest BCUT2D eigenvalue weighted by Gasteiger charge is 2.52. The van der Waals surface area contributed by atoms with Crippen molar-refractivity contribution in [2.24, 2.45) is 9.98 Å². The Morgan fingerprint density at radius 2 is 1.06 bits per heavy atom. The van der Waals surface area contributed by atoms with Gasteiger partial charge in [-0.1, -0.05) is 195 Å². The summed E-state index contributed by atoms with van der Waals surface area (Å²) in [6.07, 6.45) is 2.02. The average Bonchev–Trinajstić information content (AvgIpc) is 3.98. The lowest BCUT2D eigenvalue weighted by molar-refractivity contribution is 0.794. The SMILES string of the molecule is C=Nc1ccc(-c2ccccc2)cc1.CCCC(=NCc1ccccc1)c1ccc(-n2c3ccccc3c3c4c(ccc32)C2(c3ccccc3-c3ccccc32)c2ccccc2-4)cc1. The number of para-hydroxylation sites is 1. The molecular weight excluding hydrogens is 775 g/mol. The van der Waals surface area contributed by atoms with Crippen molar-refractivity contribution in [3.8, 4) is 39.1 Å². The maximum absolute atomic E-state index is 5.08. The normalized spacial score (nSPS) is 12.9. The molecule has 1 heterocycles. The zero-order valence-corrected chi connectivity index (χ0v) is 36.0. The molecule has 3 nitrogen and oxygen atoms in total. The van der Waals surface area contributed by atoms with Gasteiger partial charge in [-0.25, -0.2) is 0 Å². The second-order valence-electron chi connectivity index (χ2n) is 16.7. The lowest BCUT2D eigenvalue weighted by Crippen LogP contribution is -2.25. The van der Waals surface area contributed by atoms with E-state index in [1.165, 1.54) is 94.3 Å². The van der Waals surface area contributed by atoms with Crippen molar-refractivity contribution in [3.05, 3.63) is 252 Å². The van der Waals surface area contributed by atoms with E-state index in [9.17, 15) is 0 Å². The van der Waals surface area contributed by atoms with Gasteiger partial charge in [-0.05, 0) is 116 Å². The highest BCUT2D eigenvalue weighted by molar-refractivity contribution is 6.19. The molecule has 2 aliphatic rings. The van der Waals surface area contributed by atoms with Crippen LogP contribution in [0, 0.1) is 0 Å². The van der Waals surface area contributed by atoms with Gasteiger partial charge in [0.25, 0.3) is 0 Å². The monoisotopic (exact) mass is 821 g/mol. The third-order valence-electron chi connectivity index (χ3n) is 13.2. The fourth-order valence-corrected chi connectivity index (χ4v) is 10.4. The quantitative estimate of drug-likeness (QED) is 0.137. The molecule has 3 heteroatoms. The van der Waals surface area contributed by atoms with E-state index in [4.69, 9.17) is 4.99 Å². The molecule has 0 fully saturated rings. The molecule has 0 unspecified atom stereocenters. The Kier molecular flexibility index (Phi) is 10.0. The zero-order valence-electron chi connectivity index (χ0n) is 36.0. The molecule has 1 spiro atoms. The predicted molar refractivity (Wildman–Crippen MR) is 270 cm³/mol. The molecule has 0 amide bonds. The lowest BCUT2D eigenvalue weighted by Gasteiger charge is -2.30. The van der Waals surface area contributed by atoms with E-state index in [-0.39, 0.29) is 5.41 Å². The third kappa shape index (κ3) is 6.35. The minimum absolute atomic E-state index is 0.354. The Hall–Kier alpha value is -7.88. The van der Waals surface area contributed by atoms with Crippen molar-refractivity contribution in [1.82, 2.24) is 4.57 Å². The van der Waals surface area contributed by atoms with E-state index in [2.05, 4.69) is 211 Å². The first-order valence-electron chi connectivity index (χ1n) is 22.3. The van der Waals surface area contributed by atoms with Gasteiger partial charge in [-0.15, -0.1) is 0 Å². The van der Waals surface area contributed by atoms with Gasteiger partial charge >= 0.3 is 0 Å². The molecule has 0 N–H and O–H groups in total. The van der Waals surface area contributed by atoms with Crippen molar-refractivity contribution in [3.63, 3.8) is 0 Å². The van der Waals surface area contributed by atoms with Gasteiger partial charge < -0.3 is 4.57 Å². The minimum atomic E-state index is -0.354. The van der Waals surface area contributed by atoms with Crippen LogP contribution in [0.4, 0.5) is 5.69 Å². The number of hydrogen-bond donors (Lipinski definition) is 0. The first-order valence-corrected chi connectivity index (χ1v) is 22.3. The summed E-state index contributed by atoms with van der Waals surface area (Å²) < 4.78 is 2.46. The van der Waals surface area contributed by atoms with Gasteiger partial charge in [-0.2, -0.15) is 0 Å². The van der Waals surface area contributed by atoms with Crippen molar-refractivity contribution >= 4 is 39.9 Å². The number of nitrogens with zero attached hydrogens (tertiary/aromatic N) is 3. The minimum Gasteiger partial charge on any atom is -0.309 e. The van der Waals surface area contributed by atoms with Crippen molar-refractivity contribution in [2.45, 2.75) is 31.7 Å². The maximum atomic E-state index is 5.08. The molecule has 0 aliphatic heterocycles. The van der Waals surface area contributed by atoms with E-state index >= 15 is 0 Å². The smallest absolute Gasteiger partial charge is 0.0725 e.